The molecule has 208 valence electrons. The van der Waals surface area contributed by atoms with Crippen molar-refractivity contribution in [3.05, 3.63) is 77.4 Å². The normalized spacial score (nSPS) is 11.0. The maximum atomic E-state index is 13.2. The molecule has 39 heavy (non-hydrogen) atoms. The van der Waals surface area contributed by atoms with Gasteiger partial charge in [-0.25, -0.2) is 8.42 Å². The van der Waals surface area contributed by atoms with Crippen LogP contribution in [0.3, 0.4) is 0 Å². The van der Waals surface area contributed by atoms with Crippen LogP contribution in [0.15, 0.2) is 65.6 Å². The number of methoxy groups -OCH3 is 3. The molecule has 0 saturated heterocycles. The number of carbonyl (C=O) groups is 2. The molecule has 3 rings (SSSR count). The average molecular weight is 556 g/mol. The molecule has 0 heterocycles. The first-order valence-corrected chi connectivity index (χ1v) is 13.7. The summed E-state index contributed by atoms with van der Waals surface area (Å²) in [5.74, 6) is 0.524. The third-order valence-electron chi connectivity index (χ3n) is 5.71. The van der Waals surface area contributed by atoms with Gasteiger partial charge in [0.25, 0.3) is 21.8 Å². The number of amides is 2. The molecule has 0 aliphatic carbocycles. The molecule has 3 aromatic carbocycles. The molecular weight excluding hydrogens is 522 g/mol. The molecule has 0 aliphatic heterocycles. The molecule has 0 saturated carbocycles. The fraction of sp³-hybridized carbons (Fsp3) is 0.286. The van der Waals surface area contributed by atoms with E-state index < -0.39 is 21.8 Å². The van der Waals surface area contributed by atoms with Gasteiger partial charge in [0.05, 0.1) is 43.0 Å². The van der Waals surface area contributed by atoms with Crippen molar-refractivity contribution in [3.63, 3.8) is 0 Å². The van der Waals surface area contributed by atoms with Gasteiger partial charge in [-0.1, -0.05) is 18.2 Å². The largest absolute Gasteiger partial charge is 0.496 e. The lowest BCUT2D eigenvalue weighted by molar-refractivity contribution is 0.0936. The van der Waals surface area contributed by atoms with Crippen LogP contribution >= 0.6 is 0 Å². The van der Waals surface area contributed by atoms with Gasteiger partial charge in [-0.3, -0.25) is 14.3 Å². The molecule has 0 bridgehead atoms. The van der Waals surface area contributed by atoms with Crippen LogP contribution < -0.4 is 29.6 Å². The molecule has 11 heteroatoms. The fourth-order valence-electron chi connectivity index (χ4n) is 3.80. The molecular formula is C28H33N3O7S. The number of ether oxygens (including phenoxy) is 3. The molecule has 0 aliphatic rings. The number of anilines is 1. The molecule has 0 unspecified atom stereocenters. The van der Waals surface area contributed by atoms with Crippen molar-refractivity contribution < 1.29 is 32.2 Å². The Morgan fingerprint density at radius 3 is 2.13 bits per heavy atom. The number of nitrogens with one attached hydrogen (secondary N) is 3. The highest BCUT2D eigenvalue weighted by atomic mass is 32.2. The zero-order valence-corrected chi connectivity index (χ0v) is 23.3. The van der Waals surface area contributed by atoms with Crippen LogP contribution in [0.25, 0.3) is 0 Å². The number of carbonyl (C=O) groups excluding carboxylic acids is 2. The number of para-hydroxylation sites is 1. The quantitative estimate of drug-likeness (QED) is 0.311. The lowest BCUT2D eigenvalue weighted by Crippen LogP contribution is -2.30. The molecule has 0 aromatic heterocycles. The van der Waals surface area contributed by atoms with Gasteiger partial charge in [-0.05, 0) is 68.3 Å². The predicted molar refractivity (Wildman–Crippen MR) is 148 cm³/mol. The summed E-state index contributed by atoms with van der Waals surface area (Å²) >= 11 is 0. The Balaban J connectivity index is 1.76. The Morgan fingerprint density at radius 2 is 1.46 bits per heavy atom. The summed E-state index contributed by atoms with van der Waals surface area (Å²) in [6.45, 7) is 3.90. The van der Waals surface area contributed by atoms with E-state index >= 15 is 0 Å². The Morgan fingerprint density at radius 1 is 0.795 bits per heavy atom. The molecule has 0 fully saturated rings. The van der Waals surface area contributed by atoms with Gasteiger partial charge in [-0.2, -0.15) is 0 Å². The summed E-state index contributed by atoms with van der Waals surface area (Å²) in [5, 5.41) is 5.55. The first-order valence-electron chi connectivity index (χ1n) is 12.2. The van der Waals surface area contributed by atoms with Crippen molar-refractivity contribution in [2.45, 2.75) is 31.2 Å². The highest BCUT2D eigenvalue weighted by Gasteiger charge is 2.22. The van der Waals surface area contributed by atoms with E-state index in [0.717, 1.165) is 5.56 Å². The summed E-state index contributed by atoms with van der Waals surface area (Å²) in [7, 11) is 0.355. The van der Waals surface area contributed by atoms with Gasteiger partial charge >= 0.3 is 0 Å². The smallest absolute Gasteiger partial charge is 0.261 e. The Hall–Kier alpha value is -4.25. The van der Waals surface area contributed by atoms with Crippen LogP contribution in [0.5, 0.6) is 17.2 Å². The highest BCUT2D eigenvalue weighted by Crippen LogP contribution is 2.28. The Bertz CT molecular complexity index is 1440. The van der Waals surface area contributed by atoms with Gasteiger partial charge in [0.1, 0.15) is 5.75 Å². The maximum Gasteiger partial charge on any atom is 0.261 e. The zero-order chi connectivity index (χ0) is 28.6. The van der Waals surface area contributed by atoms with E-state index in [9.17, 15) is 18.0 Å². The number of sulfonamides is 1. The zero-order valence-electron chi connectivity index (χ0n) is 22.5. The monoisotopic (exact) mass is 555 g/mol. The van der Waals surface area contributed by atoms with Gasteiger partial charge in [0.2, 0.25) is 0 Å². The summed E-state index contributed by atoms with van der Waals surface area (Å²) in [6.07, 6.45) is 0.521. The molecule has 0 spiro atoms. The second kappa shape index (κ2) is 13.0. The van der Waals surface area contributed by atoms with Crippen molar-refractivity contribution in [3.8, 4) is 17.2 Å². The van der Waals surface area contributed by atoms with E-state index in [1.165, 1.54) is 37.4 Å². The van der Waals surface area contributed by atoms with E-state index in [1.54, 1.807) is 46.3 Å². The second-order valence-corrected chi connectivity index (χ2v) is 10.5. The van der Waals surface area contributed by atoms with E-state index in [1.807, 2.05) is 12.1 Å². The van der Waals surface area contributed by atoms with Crippen molar-refractivity contribution in [2.75, 3.05) is 32.6 Å². The number of benzene rings is 3. The highest BCUT2D eigenvalue weighted by molar-refractivity contribution is 7.92. The lowest BCUT2D eigenvalue weighted by atomic mass is 10.1. The van der Waals surface area contributed by atoms with E-state index in [-0.39, 0.29) is 33.5 Å². The first kappa shape index (κ1) is 29.3. The van der Waals surface area contributed by atoms with Crippen LogP contribution in [0, 0.1) is 0 Å². The van der Waals surface area contributed by atoms with Crippen LogP contribution in [-0.4, -0.2) is 54.1 Å². The van der Waals surface area contributed by atoms with Crippen LogP contribution in [0.4, 0.5) is 5.69 Å². The SMILES string of the molecule is COc1ccc(CCNC(=O)c2ccccc2NS(=O)(=O)c2ccc(OC)c(C(=O)NC(C)C)c2)cc1OC. The summed E-state index contributed by atoms with van der Waals surface area (Å²) in [5.41, 5.74) is 1.26. The maximum absolute atomic E-state index is 13.2. The van der Waals surface area contributed by atoms with Gasteiger partial charge in [0, 0.05) is 12.6 Å². The molecule has 3 N–H and O–H groups in total. The number of hydrogen-bond donors (Lipinski definition) is 3. The van der Waals surface area contributed by atoms with Crippen LogP contribution in [0.2, 0.25) is 0 Å². The van der Waals surface area contributed by atoms with Crippen molar-refractivity contribution in [2.24, 2.45) is 0 Å². The minimum atomic E-state index is -4.15. The fourth-order valence-corrected chi connectivity index (χ4v) is 4.90. The first-order chi connectivity index (χ1) is 18.6. The van der Waals surface area contributed by atoms with Crippen molar-refractivity contribution in [1.29, 1.82) is 0 Å². The minimum absolute atomic E-state index is 0.0789. The van der Waals surface area contributed by atoms with E-state index in [4.69, 9.17) is 14.2 Å². The average Bonchev–Trinajstić information content (AvgIpc) is 2.92. The standard InChI is InChI=1S/C28H33N3O7S/c1-18(2)30-28(33)22-17-20(11-13-24(22)36-3)39(34,35)31-23-9-7-6-8-21(23)27(32)29-15-14-19-10-12-25(37-4)26(16-19)38-5/h6-13,16-18,31H,14-15H2,1-5H3,(H,29,32)(H,30,33). The minimum Gasteiger partial charge on any atom is -0.496 e. The summed E-state index contributed by atoms with van der Waals surface area (Å²) in [4.78, 5) is 25.4. The second-order valence-electron chi connectivity index (χ2n) is 8.84. The third-order valence-corrected chi connectivity index (χ3v) is 7.07. The third kappa shape index (κ3) is 7.41. The topological polar surface area (TPSA) is 132 Å². The van der Waals surface area contributed by atoms with Crippen molar-refractivity contribution >= 4 is 27.5 Å². The van der Waals surface area contributed by atoms with Gasteiger partial charge < -0.3 is 24.8 Å². The molecule has 0 radical (unpaired) electrons. The summed E-state index contributed by atoms with van der Waals surface area (Å²) in [6, 6.07) is 15.6. The molecule has 10 nitrogen and oxygen atoms in total. The van der Waals surface area contributed by atoms with E-state index in [0.29, 0.717) is 24.5 Å². The molecule has 2 amide bonds. The van der Waals surface area contributed by atoms with Crippen LogP contribution in [-0.2, 0) is 16.4 Å². The van der Waals surface area contributed by atoms with Gasteiger partial charge in [-0.15, -0.1) is 0 Å². The Labute approximate surface area is 228 Å². The van der Waals surface area contributed by atoms with Gasteiger partial charge in [0.15, 0.2) is 11.5 Å². The molecule has 0 atom stereocenters. The number of rotatable bonds is 12. The van der Waals surface area contributed by atoms with Crippen molar-refractivity contribution in [1.82, 2.24) is 10.6 Å². The lowest BCUT2D eigenvalue weighted by Gasteiger charge is -2.15. The number of hydrogen-bond acceptors (Lipinski definition) is 7. The van der Waals surface area contributed by atoms with E-state index in [2.05, 4.69) is 15.4 Å². The predicted octanol–water partition coefficient (Wildman–Crippen LogP) is 3.62. The van der Waals surface area contributed by atoms with Crippen LogP contribution in [0.1, 0.15) is 40.1 Å². The molecule has 3 aromatic rings. The summed E-state index contributed by atoms with van der Waals surface area (Å²) < 4.78 is 44.8. The Kier molecular flexibility index (Phi) is 9.78.